The number of H-pyrrole nitrogens is 2. The Morgan fingerprint density at radius 3 is 2.73 bits per heavy atom. The molecule has 0 radical (unpaired) electrons. The number of halogens is 3. The second kappa shape index (κ2) is 7.84. The predicted molar refractivity (Wildman–Crippen MR) is 104 cm³/mol. The molecule has 4 rings (SSSR count). The lowest BCUT2D eigenvalue weighted by molar-refractivity contribution is -0.137. The number of rotatable bonds is 4. The van der Waals surface area contributed by atoms with Gasteiger partial charge in [0.05, 0.1) is 28.7 Å². The van der Waals surface area contributed by atoms with Crippen molar-refractivity contribution in [2.24, 2.45) is 0 Å². The first-order chi connectivity index (χ1) is 14.3. The molecular formula is C20H20F3N7. The number of nitrogens with one attached hydrogen (secondary N) is 2. The van der Waals surface area contributed by atoms with Crippen LogP contribution >= 0.6 is 0 Å². The van der Waals surface area contributed by atoms with Crippen molar-refractivity contribution in [2.45, 2.75) is 25.7 Å². The van der Waals surface area contributed by atoms with Crippen LogP contribution in [0, 0.1) is 11.3 Å². The van der Waals surface area contributed by atoms with Gasteiger partial charge in [-0.05, 0) is 25.1 Å². The third-order valence-corrected chi connectivity index (χ3v) is 5.27. The third-order valence-electron chi connectivity index (χ3n) is 5.27. The van der Waals surface area contributed by atoms with E-state index in [9.17, 15) is 13.2 Å². The van der Waals surface area contributed by atoms with E-state index in [1.165, 1.54) is 6.07 Å². The molecule has 4 heterocycles. The smallest absolute Gasteiger partial charge is 0.359 e. The Labute approximate surface area is 171 Å². The summed E-state index contributed by atoms with van der Waals surface area (Å²) in [7, 11) is 0. The van der Waals surface area contributed by atoms with Gasteiger partial charge >= 0.3 is 6.18 Å². The molecule has 0 spiro atoms. The molecule has 0 bridgehead atoms. The highest BCUT2D eigenvalue weighted by atomic mass is 19.4. The lowest BCUT2D eigenvalue weighted by Crippen LogP contribution is -2.51. The van der Waals surface area contributed by atoms with Gasteiger partial charge in [-0.25, -0.2) is 4.98 Å². The van der Waals surface area contributed by atoms with Gasteiger partial charge in [-0.15, -0.1) is 0 Å². The summed E-state index contributed by atoms with van der Waals surface area (Å²) in [5.41, 5.74) is 2.47. The standard InChI is InChI=1S/C20H20F3N7/c1-13-11-29(4-5-30(13)18-3-2-16(10-26-18)20(21,22)23)12-15-9-27-28-19(15)17-6-14(7-24)8-25-17/h2-3,6,8-10,13,25H,4-5,11-12H2,1H3,(H,27,28). The molecule has 1 aliphatic heterocycles. The fourth-order valence-corrected chi connectivity index (χ4v) is 3.75. The van der Waals surface area contributed by atoms with Gasteiger partial charge < -0.3 is 9.88 Å². The van der Waals surface area contributed by atoms with Crippen LogP contribution < -0.4 is 4.90 Å². The minimum Gasteiger partial charge on any atom is -0.359 e. The van der Waals surface area contributed by atoms with Gasteiger partial charge in [0.2, 0.25) is 0 Å². The fourth-order valence-electron chi connectivity index (χ4n) is 3.75. The summed E-state index contributed by atoms with van der Waals surface area (Å²) >= 11 is 0. The molecule has 1 aliphatic rings. The molecular weight excluding hydrogens is 395 g/mol. The highest BCUT2D eigenvalue weighted by Crippen LogP contribution is 2.30. The molecule has 1 saturated heterocycles. The third kappa shape index (κ3) is 4.02. The molecule has 156 valence electrons. The summed E-state index contributed by atoms with van der Waals surface area (Å²) in [6.07, 6.45) is -0.0716. The average molecular weight is 415 g/mol. The summed E-state index contributed by atoms with van der Waals surface area (Å²) in [5.74, 6) is 0.551. The van der Waals surface area contributed by atoms with Crippen LogP contribution in [0.3, 0.4) is 0 Å². The van der Waals surface area contributed by atoms with E-state index in [1.807, 2.05) is 11.8 Å². The zero-order chi connectivity index (χ0) is 21.3. The first kappa shape index (κ1) is 20.0. The Kier molecular flexibility index (Phi) is 5.22. The molecule has 0 saturated carbocycles. The Bertz CT molecular complexity index is 1050. The quantitative estimate of drug-likeness (QED) is 0.682. The van der Waals surface area contributed by atoms with Crippen LogP contribution in [0.2, 0.25) is 0 Å². The zero-order valence-corrected chi connectivity index (χ0v) is 16.2. The van der Waals surface area contributed by atoms with Crippen molar-refractivity contribution in [3.05, 3.63) is 53.5 Å². The average Bonchev–Trinajstić information content (AvgIpc) is 3.36. The highest BCUT2D eigenvalue weighted by Gasteiger charge is 2.31. The van der Waals surface area contributed by atoms with E-state index >= 15 is 0 Å². The zero-order valence-electron chi connectivity index (χ0n) is 16.2. The van der Waals surface area contributed by atoms with E-state index in [0.29, 0.717) is 24.5 Å². The largest absolute Gasteiger partial charge is 0.417 e. The molecule has 0 aromatic carbocycles. The summed E-state index contributed by atoms with van der Waals surface area (Å²) < 4.78 is 38.3. The van der Waals surface area contributed by atoms with Crippen LogP contribution in [0.5, 0.6) is 0 Å². The number of alkyl halides is 3. The van der Waals surface area contributed by atoms with E-state index < -0.39 is 11.7 Å². The number of aromatic amines is 2. The van der Waals surface area contributed by atoms with Gasteiger partial charge in [-0.2, -0.15) is 23.5 Å². The van der Waals surface area contributed by atoms with E-state index in [2.05, 4.69) is 31.1 Å². The van der Waals surface area contributed by atoms with Crippen LogP contribution in [-0.2, 0) is 12.7 Å². The molecule has 3 aromatic heterocycles. The van der Waals surface area contributed by atoms with Crippen LogP contribution in [-0.4, -0.2) is 50.7 Å². The summed E-state index contributed by atoms with van der Waals surface area (Å²) in [4.78, 5) is 11.4. The van der Waals surface area contributed by atoms with E-state index in [1.54, 1.807) is 18.5 Å². The molecule has 0 aliphatic carbocycles. The van der Waals surface area contributed by atoms with Gasteiger partial charge in [-0.3, -0.25) is 10.00 Å². The van der Waals surface area contributed by atoms with E-state index in [-0.39, 0.29) is 6.04 Å². The van der Waals surface area contributed by atoms with Crippen LogP contribution in [0.15, 0.2) is 36.8 Å². The SMILES string of the molecule is CC1CN(Cc2cn[nH]c2-c2cc(C#N)c[nH]2)CCN1c1ccc(C(F)(F)F)cn1. The highest BCUT2D eigenvalue weighted by molar-refractivity contribution is 5.60. The lowest BCUT2D eigenvalue weighted by atomic mass is 10.1. The number of anilines is 1. The summed E-state index contributed by atoms with van der Waals surface area (Å²) in [6, 6.07) is 6.47. The Morgan fingerprint density at radius 1 is 1.27 bits per heavy atom. The number of hydrogen-bond donors (Lipinski definition) is 2. The van der Waals surface area contributed by atoms with Crippen LogP contribution in [0.1, 0.15) is 23.6 Å². The number of pyridine rings is 1. The molecule has 7 nitrogen and oxygen atoms in total. The molecule has 2 N–H and O–H groups in total. The first-order valence-electron chi connectivity index (χ1n) is 9.48. The molecule has 3 aromatic rings. The van der Waals surface area contributed by atoms with Gasteiger partial charge in [-0.1, -0.05) is 0 Å². The molecule has 1 fully saturated rings. The Balaban J connectivity index is 1.42. The van der Waals surface area contributed by atoms with Crippen molar-refractivity contribution >= 4 is 5.82 Å². The van der Waals surface area contributed by atoms with Gasteiger partial charge in [0.15, 0.2) is 0 Å². The van der Waals surface area contributed by atoms with E-state index in [4.69, 9.17) is 5.26 Å². The van der Waals surface area contributed by atoms with Crippen molar-refractivity contribution in [3.8, 4) is 17.5 Å². The molecule has 0 amide bonds. The second-order valence-electron chi connectivity index (χ2n) is 7.36. The fraction of sp³-hybridized carbons (Fsp3) is 0.350. The van der Waals surface area contributed by atoms with Crippen molar-refractivity contribution in [2.75, 3.05) is 24.5 Å². The maximum Gasteiger partial charge on any atom is 0.417 e. The van der Waals surface area contributed by atoms with Gasteiger partial charge in [0, 0.05) is 50.2 Å². The summed E-state index contributed by atoms with van der Waals surface area (Å²) in [5, 5.41) is 16.1. The monoisotopic (exact) mass is 415 g/mol. The minimum atomic E-state index is -4.38. The van der Waals surface area contributed by atoms with Crippen molar-refractivity contribution in [1.82, 2.24) is 25.1 Å². The topological polar surface area (TPSA) is 87.6 Å². The van der Waals surface area contributed by atoms with Crippen LogP contribution in [0.4, 0.5) is 19.0 Å². The minimum absolute atomic E-state index is 0.0917. The second-order valence-corrected chi connectivity index (χ2v) is 7.36. The number of aromatic nitrogens is 4. The molecule has 30 heavy (non-hydrogen) atoms. The predicted octanol–water partition coefficient (Wildman–Crippen LogP) is 3.40. The normalized spacial score (nSPS) is 17.8. The van der Waals surface area contributed by atoms with Crippen molar-refractivity contribution < 1.29 is 13.2 Å². The van der Waals surface area contributed by atoms with Gasteiger partial charge in [0.1, 0.15) is 11.9 Å². The lowest BCUT2D eigenvalue weighted by Gasteiger charge is -2.40. The Hall–Kier alpha value is -3.32. The molecule has 10 heteroatoms. The number of piperazine rings is 1. The molecule has 1 atom stereocenters. The van der Waals surface area contributed by atoms with Crippen molar-refractivity contribution in [1.29, 1.82) is 5.26 Å². The number of nitriles is 1. The van der Waals surface area contributed by atoms with Crippen LogP contribution in [0.25, 0.3) is 11.4 Å². The van der Waals surface area contributed by atoms with Crippen molar-refractivity contribution in [3.63, 3.8) is 0 Å². The number of nitrogens with zero attached hydrogens (tertiary/aromatic N) is 5. The molecule has 1 unspecified atom stereocenters. The van der Waals surface area contributed by atoms with E-state index in [0.717, 1.165) is 42.3 Å². The maximum atomic E-state index is 12.8. The first-order valence-corrected chi connectivity index (χ1v) is 9.48. The summed E-state index contributed by atoms with van der Waals surface area (Å²) in [6.45, 7) is 4.85. The maximum absolute atomic E-state index is 12.8. The van der Waals surface area contributed by atoms with Gasteiger partial charge in [0.25, 0.3) is 0 Å². The number of hydrogen-bond acceptors (Lipinski definition) is 5. The Morgan fingerprint density at radius 2 is 2.10 bits per heavy atom.